The molecule has 0 radical (unpaired) electrons. The Morgan fingerprint density at radius 2 is 2.47 bits per heavy atom. The molecule has 17 heavy (non-hydrogen) atoms. The fourth-order valence-electron chi connectivity index (χ4n) is 2.61. The lowest BCUT2D eigenvalue weighted by Crippen LogP contribution is -2.50. The van der Waals surface area contributed by atoms with Crippen LogP contribution in [0.5, 0.6) is 0 Å². The molecule has 2 unspecified atom stereocenters. The highest BCUT2D eigenvalue weighted by molar-refractivity contribution is 5.82. The van der Waals surface area contributed by atoms with E-state index in [2.05, 4.69) is 17.2 Å². The Bertz CT molecular complexity index is 416. The number of rotatable bonds is 3. The summed E-state index contributed by atoms with van der Waals surface area (Å²) in [6, 6.07) is 0. The van der Waals surface area contributed by atoms with Crippen LogP contribution < -0.4 is 5.32 Å². The van der Waals surface area contributed by atoms with E-state index in [1.807, 2.05) is 17.8 Å². The summed E-state index contributed by atoms with van der Waals surface area (Å²) in [7, 11) is 1.86. The molecule has 1 aromatic rings. The van der Waals surface area contributed by atoms with Crippen LogP contribution in [0.1, 0.15) is 32.6 Å². The molecule has 1 aliphatic rings. The third-order valence-electron chi connectivity index (χ3n) is 3.58. The summed E-state index contributed by atoms with van der Waals surface area (Å²) in [6.45, 7) is 2.11. The standard InChI is InChI=1S/C12H19N3O2/c1-9-4-3-5-12(8-9,10(16)17)14-11-13-6-7-15(11)2/h6-7,9H,3-5,8H2,1-2H3,(H,13,14)(H,16,17). The zero-order chi connectivity index (χ0) is 12.5. The number of carboxylic acids is 1. The summed E-state index contributed by atoms with van der Waals surface area (Å²) in [4.78, 5) is 15.7. The van der Waals surface area contributed by atoms with Crippen LogP contribution in [0.4, 0.5) is 5.95 Å². The lowest BCUT2D eigenvalue weighted by atomic mass is 9.76. The first-order valence-corrected chi connectivity index (χ1v) is 6.02. The van der Waals surface area contributed by atoms with Crippen molar-refractivity contribution in [3.63, 3.8) is 0 Å². The molecule has 0 spiro atoms. The molecule has 1 aromatic heterocycles. The van der Waals surface area contributed by atoms with E-state index in [0.29, 0.717) is 24.7 Å². The predicted octanol–water partition coefficient (Wildman–Crippen LogP) is 1.87. The molecule has 5 heteroatoms. The summed E-state index contributed by atoms with van der Waals surface area (Å²) in [5.74, 6) is 0.293. The number of imidazole rings is 1. The maximum absolute atomic E-state index is 11.6. The third kappa shape index (κ3) is 2.28. The van der Waals surface area contributed by atoms with Crippen molar-refractivity contribution in [3.8, 4) is 0 Å². The summed E-state index contributed by atoms with van der Waals surface area (Å²) in [6.07, 6.45) is 6.87. The molecule has 2 atom stereocenters. The van der Waals surface area contributed by atoms with Gasteiger partial charge in [-0.25, -0.2) is 9.78 Å². The Hall–Kier alpha value is -1.52. The minimum atomic E-state index is -0.850. The second-order valence-corrected chi connectivity index (χ2v) is 5.08. The number of aliphatic carboxylic acids is 1. The molecule has 1 fully saturated rings. The minimum Gasteiger partial charge on any atom is -0.480 e. The van der Waals surface area contributed by atoms with E-state index in [1.54, 1.807) is 6.20 Å². The van der Waals surface area contributed by atoms with Crippen molar-refractivity contribution in [2.45, 2.75) is 38.1 Å². The number of aromatic nitrogens is 2. The highest BCUT2D eigenvalue weighted by atomic mass is 16.4. The topological polar surface area (TPSA) is 67.2 Å². The van der Waals surface area contributed by atoms with Crippen molar-refractivity contribution < 1.29 is 9.90 Å². The summed E-state index contributed by atoms with van der Waals surface area (Å²) >= 11 is 0. The second kappa shape index (κ2) is 4.39. The zero-order valence-electron chi connectivity index (χ0n) is 10.3. The van der Waals surface area contributed by atoms with Gasteiger partial charge in [0.2, 0.25) is 5.95 Å². The van der Waals surface area contributed by atoms with Gasteiger partial charge in [-0.15, -0.1) is 0 Å². The van der Waals surface area contributed by atoms with E-state index in [9.17, 15) is 9.90 Å². The van der Waals surface area contributed by atoms with Gasteiger partial charge in [0, 0.05) is 19.4 Å². The highest BCUT2D eigenvalue weighted by Gasteiger charge is 2.42. The van der Waals surface area contributed by atoms with Crippen LogP contribution in [0.15, 0.2) is 12.4 Å². The van der Waals surface area contributed by atoms with E-state index in [4.69, 9.17) is 0 Å². The van der Waals surface area contributed by atoms with Gasteiger partial charge in [0.15, 0.2) is 0 Å². The van der Waals surface area contributed by atoms with Crippen molar-refractivity contribution >= 4 is 11.9 Å². The van der Waals surface area contributed by atoms with Crippen molar-refractivity contribution in [2.75, 3.05) is 5.32 Å². The normalized spacial score (nSPS) is 28.9. The van der Waals surface area contributed by atoms with Gasteiger partial charge in [0.1, 0.15) is 5.54 Å². The van der Waals surface area contributed by atoms with Crippen LogP contribution in [-0.2, 0) is 11.8 Å². The molecule has 94 valence electrons. The average Bonchev–Trinajstić information content (AvgIpc) is 2.64. The number of carboxylic acid groups (broad SMARTS) is 1. The largest absolute Gasteiger partial charge is 0.480 e. The number of hydrogen-bond donors (Lipinski definition) is 2. The molecule has 1 saturated carbocycles. The molecule has 0 amide bonds. The first-order valence-electron chi connectivity index (χ1n) is 6.02. The molecular formula is C12H19N3O2. The molecule has 0 bridgehead atoms. The Kier molecular flexibility index (Phi) is 3.09. The number of carbonyl (C=O) groups is 1. The zero-order valence-corrected chi connectivity index (χ0v) is 10.3. The number of hydrogen-bond acceptors (Lipinski definition) is 3. The van der Waals surface area contributed by atoms with Gasteiger partial charge in [-0.05, 0) is 18.8 Å². The predicted molar refractivity (Wildman–Crippen MR) is 64.8 cm³/mol. The number of anilines is 1. The third-order valence-corrected chi connectivity index (χ3v) is 3.58. The molecule has 0 aromatic carbocycles. The molecule has 2 N–H and O–H groups in total. The lowest BCUT2D eigenvalue weighted by Gasteiger charge is -2.37. The molecule has 0 saturated heterocycles. The van der Waals surface area contributed by atoms with Gasteiger partial charge >= 0.3 is 5.97 Å². The van der Waals surface area contributed by atoms with Gasteiger partial charge < -0.3 is 15.0 Å². The second-order valence-electron chi connectivity index (χ2n) is 5.08. The minimum absolute atomic E-state index is 0.438. The van der Waals surface area contributed by atoms with Crippen molar-refractivity contribution in [3.05, 3.63) is 12.4 Å². The van der Waals surface area contributed by atoms with Crippen molar-refractivity contribution in [1.29, 1.82) is 0 Å². The number of nitrogens with one attached hydrogen (secondary N) is 1. The van der Waals surface area contributed by atoms with Crippen LogP contribution in [0.2, 0.25) is 0 Å². The van der Waals surface area contributed by atoms with Crippen LogP contribution in [0.3, 0.4) is 0 Å². The number of nitrogens with zero attached hydrogens (tertiary/aromatic N) is 2. The smallest absolute Gasteiger partial charge is 0.329 e. The van der Waals surface area contributed by atoms with Crippen LogP contribution in [0, 0.1) is 5.92 Å². The average molecular weight is 237 g/mol. The van der Waals surface area contributed by atoms with E-state index in [1.165, 1.54) is 0 Å². The van der Waals surface area contributed by atoms with Crippen molar-refractivity contribution in [1.82, 2.24) is 9.55 Å². The quantitative estimate of drug-likeness (QED) is 0.842. The Labute approximate surface area is 101 Å². The Morgan fingerprint density at radius 1 is 1.71 bits per heavy atom. The van der Waals surface area contributed by atoms with Gasteiger partial charge in [-0.1, -0.05) is 19.8 Å². The molecule has 5 nitrogen and oxygen atoms in total. The summed E-state index contributed by atoms with van der Waals surface area (Å²) in [5.41, 5.74) is -0.850. The van der Waals surface area contributed by atoms with Gasteiger partial charge in [-0.3, -0.25) is 0 Å². The Balaban J connectivity index is 2.23. The van der Waals surface area contributed by atoms with E-state index >= 15 is 0 Å². The van der Waals surface area contributed by atoms with E-state index in [-0.39, 0.29) is 0 Å². The van der Waals surface area contributed by atoms with Crippen molar-refractivity contribution in [2.24, 2.45) is 13.0 Å². The molecule has 2 rings (SSSR count). The summed E-state index contributed by atoms with van der Waals surface area (Å²) < 4.78 is 1.81. The Morgan fingerprint density at radius 3 is 3.00 bits per heavy atom. The maximum Gasteiger partial charge on any atom is 0.329 e. The summed E-state index contributed by atoms with van der Waals surface area (Å²) in [5, 5.41) is 12.6. The molecule has 1 heterocycles. The number of aryl methyl sites for hydroxylation is 1. The molecule has 0 aliphatic heterocycles. The van der Waals surface area contributed by atoms with E-state index in [0.717, 1.165) is 12.8 Å². The fraction of sp³-hybridized carbons (Fsp3) is 0.667. The SMILES string of the molecule is CC1CCCC(Nc2nccn2C)(C(=O)O)C1. The van der Waals surface area contributed by atoms with Gasteiger partial charge in [0.25, 0.3) is 0 Å². The molecular weight excluding hydrogens is 218 g/mol. The molecule has 1 aliphatic carbocycles. The van der Waals surface area contributed by atoms with Crippen LogP contribution >= 0.6 is 0 Å². The van der Waals surface area contributed by atoms with Crippen LogP contribution in [-0.4, -0.2) is 26.2 Å². The lowest BCUT2D eigenvalue weighted by molar-refractivity contribution is -0.144. The first kappa shape index (κ1) is 12.0. The highest BCUT2D eigenvalue weighted by Crippen LogP contribution is 2.34. The van der Waals surface area contributed by atoms with E-state index < -0.39 is 11.5 Å². The maximum atomic E-state index is 11.6. The first-order chi connectivity index (χ1) is 8.03. The van der Waals surface area contributed by atoms with Crippen LogP contribution in [0.25, 0.3) is 0 Å². The monoisotopic (exact) mass is 237 g/mol. The fourth-order valence-corrected chi connectivity index (χ4v) is 2.61. The van der Waals surface area contributed by atoms with Gasteiger partial charge in [0.05, 0.1) is 0 Å². The van der Waals surface area contributed by atoms with Gasteiger partial charge in [-0.2, -0.15) is 0 Å².